The molecule has 0 fully saturated rings. The van der Waals surface area contributed by atoms with E-state index in [-0.39, 0.29) is 6.04 Å². The number of aryl methyl sites for hydroxylation is 1. The van der Waals surface area contributed by atoms with Crippen LogP contribution in [0.4, 0.5) is 4.79 Å². The number of rotatable bonds is 6. The SMILES string of the molecule is CSCC[C@H](NC(=O)NC1CCCc2sccc21)C(=O)O. The second-order valence-electron chi connectivity index (χ2n) is 5.03. The third kappa shape index (κ3) is 4.38. The van der Waals surface area contributed by atoms with Crippen LogP contribution in [0.3, 0.4) is 0 Å². The number of thiophene rings is 1. The summed E-state index contributed by atoms with van der Waals surface area (Å²) in [5.41, 5.74) is 1.18. The summed E-state index contributed by atoms with van der Waals surface area (Å²) in [4.78, 5) is 24.5. The zero-order chi connectivity index (χ0) is 15.2. The van der Waals surface area contributed by atoms with Crippen LogP contribution >= 0.6 is 23.1 Å². The predicted molar refractivity (Wildman–Crippen MR) is 86.1 cm³/mol. The number of fused-ring (bicyclic) bond motifs is 1. The van der Waals surface area contributed by atoms with Crippen LogP contribution in [0, 0.1) is 0 Å². The number of carbonyl (C=O) groups is 2. The van der Waals surface area contributed by atoms with Gasteiger partial charge in [0.2, 0.25) is 0 Å². The Kier molecular flexibility index (Phi) is 5.93. The molecule has 1 aromatic heterocycles. The second kappa shape index (κ2) is 7.70. The summed E-state index contributed by atoms with van der Waals surface area (Å²) in [6, 6.07) is 0.817. The molecule has 0 radical (unpaired) electrons. The van der Waals surface area contributed by atoms with Gasteiger partial charge >= 0.3 is 12.0 Å². The minimum absolute atomic E-state index is 0.00463. The molecule has 0 saturated heterocycles. The summed E-state index contributed by atoms with van der Waals surface area (Å²) in [6.45, 7) is 0. The molecular formula is C14H20N2O3S2. The Morgan fingerprint density at radius 3 is 3.10 bits per heavy atom. The number of carbonyl (C=O) groups excluding carboxylic acids is 1. The first-order valence-electron chi connectivity index (χ1n) is 6.97. The molecule has 21 heavy (non-hydrogen) atoms. The fourth-order valence-electron chi connectivity index (χ4n) is 2.49. The Labute approximate surface area is 132 Å². The van der Waals surface area contributed by atoms with Crippen LogP contribution in [0.2, 0.25) is 0 Å². The summed E-state index contributed by atoms with van der Waals surface area (Å²) in [7, 11) is 0. The number of thioether (sulfide) groups is 1. The number of nitrogens with one attached hydrogen (secondary N) is 2. The minimum Gasteiger partial charge on any atom is -0.480 e. The van der Waals surface area contributed by atoms with Crippen molar-refractivity contribution in [3.8, 4) is 0 Å². The fraction of sp³-hybridized carbons (Fsp3) is 0.571. The molecular weight excluding hydrogens is 308 g/mol. The van der Waals surface area contributed by atoms with Gasteiger partial charge in [-0.2, -0.15) is 11.8 Å². The molecule has 1 aliphatic rings. The Balaban J connectivity index is 1.91. The first-order valence-corrected chi connectivity index (χ1v) is 9.24. The Hall–Kier alpha value is -1.21. The number of urea groups is 1. The lowest BCUT2D eigenvalue weighted by Crippen LogP contribution is -2.47. The van der Waals surface area contributed by atoms with Crippen molar-refractivity contribution >= 4 is 35.1 Å². The standard InChI is InChI=1S/C14H20N2O3S2/c1-20-7-6-11(13(17)18)16-14(19)15-10-3-2-4-12-9(10)5-8-21-12/h5,8,10-11H,2-4,6-7H2,1H3,(H,17,18)(H2,15,16,19)/t10?,11-/m0/s1. The molecule has 3 N–H and O–H groups in total. The van der Waals surface area contributed by atoms with Gasteiger partial charge in [0.1, 0.15) is 6.04 Å². The summed E-state index contributed by atoms with van der Waals surface area (Å²) in [5.74, 6) is -0.283. The maximum Gasteiger partial charge on any atom is 0.326 e. The van der Waals surface area contributed by atoms with Gasteiger partial charge in [-0.15, -0.1) is 11.3 Å². The fourth-order valence-corrected chi connectivity index (χ4v) is 3.95. The van der Waals surface area contributed by atoms with Gasteiger partial charge in [0.15, 0.2) is 0 Å². The van der Waals surface area contributed by atoms with E-state index in [2.05, 4.69) is 10.6 Å². The van der Waals surface area contributed by atoms with E-state index >= 15 is 0 Å². The van der Waals surface area contributed by atoms with Crippen LogP contribution in [0.5, 0.6) is 0 Å². The van der Waals surface area contributed by atoms with Gasteiger partial charge in [0, 0.05) is 4.88 Å². The third-order valence-corrected chi connectivity index (χ3v) is 5.21. The number of hydrogen-bond donors (Lipinski definition) is 3. The molecule has 5 nitrogen and oxygen atoms in total. The molecule has 116 valence electrons. The van der Waals surface area contributed by atoms with Crippen molar-refractivity contribution in [2.45, 2.75) is 37.8 Å². The monoisotopic (exact) mass is 328 g/mol. The van der Waals surface area contributed by atoms with Crippen molar-refractivity contribution in [1.82, 2.24) is 10.6 Å². The van der Waals surface area contributed by atoms with Crippen LogP contribution < -0.4 is 10.6 Å². The van der Waals surface area contributed by atoms with Crippen molar-refractivity contribution in [2.75, 3.05) is 12.0 Å². The smallest absolute Gasteiger partial charge is 0.326 e. The zero-order valence-electron chi connectivity index (χ0n) is 11.9. The minimum atomic E-state index is -0.987. The second-order valence-corrected chi connectivity index (χ2v) is 7.02. The van der Waals surface area contributed by atoms with Gasteiger partial charge in [-0.1, -0.05) is 0 Å². The molecule has 0 aliphatic heterocycles. The summed E-state index contributed by atoms with van der Waals surface area (Å²) >= 11 is 3.29. The van der Waals surface area contributed by atoms with Crippen molar-refractivity contribution in [3.05, 3.63) is 21.9 Å². The van der Waals surface area contributed by atoms with Crippen LogP contribution in [-0.2, 0) is 11.2 Å². The van der Waals surface area contributed by atoms with E-state index < -0.39 is 18.0 Å². The lowest BCUT2D eigenvalue weighted by Gasteiger charge is -2.24. The Morgan fingerprint density at radius 2 is 2.38 bits per heavy atom. The van der Waals surface area contributed by atoms with E-state index in [1.165, 1.54) is 10.4 Å². The average Bonchev–Trinajstić information content (AvgIpc) is 2.92. The molecule has 1 unspecified atom stereocenters. The largest absolute Gasteiger partial charge is 0.480 e. The van der Waals surface area contributed by atoms with Crippen molar-refractivity contribution in [2.24, 2.45) is 0 Å². The molecule has 2 amide bonds. The normalized spacial score (nSPS) is 18.6. The highest BCUT2D eigenvalue weighted by Crippen LogP contribution is 2.33. The van der Waals surface area contributed by atoms with E-state index in [9.17, 15) is 9.59 Å². The molecule has 2 atom stereocenters. The van der Waals surface area contributed by atoms with Crippen molar-refractivity contribution in [3.63, 3.8) is 0 Å². The number of aliphatic carboxylic acids is 1. The highest BCUT2D eigenvalue weighted by Gasteiger charge is 2.25. The number of carboxylic acid groups (broad SMARTS) is 1. The highest BCUT2D eigenvalue weighted by molar-refractivity contribution is 7.98. The van der Waals surface area contributed by atoms with Crippen LogP contribution in [0.25, 0.3) is 0 Å². The van der Waals surface area contributed by atoms with E-state index in [0.29, 0.717) is 12.2 Å². The molecule has 0 bridgehead atoms. The first-order chi connectivity index (χ1) is 10.1. The quantitative estimate of drug-likeness (QED) is 0.750. The first kappa shape index (κ1) is 16.2. The topological polar surface area (TPSA) is 78.4 Å². The van der Waals surface area contributed by atoms with Crippen LogP contribution in [0.1, 0.15) is 35.7 Å². The lowest BCUT2D eigenvalue weighted by atomic mass is 9.94. The van der Waals surface area contributed by atoms with E-state index in [0.717, 1.165) is 19.3 Å². The van der Waals surface area contributed by atoms with Gasteiger partial charge in [0.05, 0.1) is 6.04 Å². The average molecular weight is 328 g/mol. The molecule has 0 aromatic carbocycles. The molecule has 0 spiro atoms. The predicted octanol–water partition coefficient (Wildman–Crippen LogP) is 2.63. The molecule has 0 saturated carbocycles. The van der Waals surface area contributed by atoms with Crippen molar-refractivity contribution in [1.29, 1.82) is 0 Å². The maximum absolute atomic E-state index is 12.0. The van der Waals surface area contributed by atoms with Gasteiger partial charge < -0.3 is 15.7 Å². The van der Waals surface area contributed by atoms with E-state index in [1.54, 1.807) is 23.1 Å². The zero-order valence-corrected chi connectivity index (χ0v) is 13.6. The Morgan fingerprint density at radius 1 is 1.57 bits per heavy atom. The van der Waals surface area contributed by atoms with Crippen molar-refractivity contribution < 1.29 is 14.7 Å². The maximum atomic E-state index is 12.0. The summed E-state index contributed by atoms with van der Waals surface area (Å²) < 4.78 is 0. The molecule has 1 heterocycles. The number of hydrogen-bond acceptors (Lipinski definition) is 4. The summed E-state index contributed by atoms with van der Waals surface area (Å²) in [5, 5.41) is 16.6. The van der Waals surface area contributed by atoms with Crippen LogP contribution in [-0.4, -0.2) is 35.2 Å². The van der Waals surface area contributed by atoms with Crippen LogP contribution in [0.15, 0.2) is 11.4 Å². The molecule has 1 aromatic rings. The van der Waals surface area contributed by atoms with Gasteiger partial charge in [-0.25, -0.2) is 9.59 Å². The number of carboxylic acids is 1. The molecule has 1 aliphatic carbocycles. The van der Waals surface area contributed by atoms with Gasteiger partial charge in [-0.3, -0.25) is 0 Å². The number of amides is 2. The van der Waals surface area contributed by atoms with E-state index in [1.807, 2.05) is 17.7 Å². The Bertz CT molecular complexity index is 504. The highest BCUT2D eigenvalue weighted by atomic mass is 32.2. The van der Waals surface area contributed by atoms with E-state index in [4.69, 9.17) is 5.11 Å². The lowest BCUT2D eigenvalue weighted by molar-refractivity contribution is -0.139. The molecule has 2 rings (SSSR count). The molecule has 7 heteroatoms. The van der Waals surface area contributed by atoms with Gasteiger partial charge in [0.25, 0.3) is 0 Å². The third-order valence-electron chi connectivity index (χ3n) is 3.57. The summed E-state index contributed by atoms with van der Waals surface area (Å²) in [6.07, 6.45) is 5.36. The van der Waals surface area contributed by atoms with Gasteiger partial charge in [-0.05, 0) is 54.7 Å².